The first-order valence-electron chi connectivity index (χ1n) is 8.23. The summed E-state index contributed by atoms with van der Waals surface area (Å²) in [5.74, 6) is -2.14. The average Bonchev–Trinajstić information content (AvgIpc) is 3.00. The summed E-state index contributed by atoms with van der Waals surface area (Å²) in [6.07, 6.45) is 0. The van der Waals surface area contributed by atoms with E-state index in [-0.39, 0.29) is 29.9 Å². The number of aliphatic hydroxyl groups excluding tert-OH is 1. The van der Waals surface area contributed by atoms with Gasteiger partial charge in [-0.3, -0.25) is 9.69 Å². The molecule has 0 aliphatic carbocycles. The Hall–Kier alpha value is -1.57. The maximum atomic E-state index is 13.4. The Kier molecular flexibility index (Phi) is 5.43. The number of carbonyl (C=O) groups excluding carboxylic acids is 1. The Balaban J connectivity index is 1.66. The van der Waals surface area contributed by atoms with Gasteiger partial charge in [0.25, 0.3) is 5.91 Å². The van der Waals surface area contributed by atoms with E-state index < -0.39 is 11.6 Å². The molecule has 2 atom stereocenters. The van der Waals surface area contributed by atoms with E-state index in [1.165, 1.54) is 6.07 Å². The molecule has 0 unspecified atom stereocenters. The number of amides is 1. The van der Waals surface area contributed by atoms with Crippen molar-refractivity contribution in [1.82, 2.24) is 9.80 Å². The van der Waals surface area contributed by atoms with Crippen molar-refractivity contribution in [2.75, 3.05) is 52.5 Å². The lowest BCUT2D eigenvalue weighted by Crippen LogP contribution is -2.41. The van der Waals surface area contributed by atoms with Crippen LogP contribution in [0.3, 0.4) is 0 Å². The first kappa shape index (κ1) is 17.3. The van der Waals surface area contributed by atoms with Crippen LogP contribution in [-0.4, -0.2) is 73.4 Å². The van der Waals surface area contributed by atoms with Crippen LogP contribution in [0.25, 0.3) is 0 Å². The van der Waals surface area contributed by atoms with Gasteiger partial charge in [-0.05, 0) is 24.1 Å². The second-order valence-corrected chi connectivity index (χ2v) is 6.45. The fraction of sp³-hybridized carbons (Fsp3) is 0.588. The lowest BCUT2D eigenvalue weighted by atomic mass is 9.96. The first-order chi connectivity index (χ1) is 11.6. The molecule has 1 amide bonds. The highest BCUT2D eigenvalue weighted by molar-refractivity contribution is 5.94. The van der Waals surface area contributed by atoms with Crippen LogP contribution in [0.15, 0.2) is 18.2 Å². The van der Waals surface area contributed by atoms with Crippen LogP contribution in [0, 0.1) is 23.5 Å². The third kappa shape index (κ3) is 3.74. The normalized spacial score (nSPS) is 25.2. The van der Waals surface area contributed by atoms with Crippen LogP contribution in [0.2, 0.25) is 0 Å². The summed E-state index contributed by atoms with van der Waals surface area (Å²) in [4.78, 5) is 16.4. The molecule has 0 aromatic heterocycles. The van der Waals surface area contributed by atoms with Gasteiger partial charge in [0.05, 0.1) is 13.2 Å². The first-order valence-corrected chi connectivity index (χ1v) is 8.23. The van der Waals surface area contributed by atoms with Crippen LogP contribution >= 0.6 is 0 Å². The Labute approximate surface area is 139 Å². The number of hydrogen-bond donors (Lipinski definition) is 1. The summed E-state index contributed by atoms with van der Waals surface area (Å²) in [6, 6.07) is 3.19. The molecule has 24 heavy (non-hydrogen) atoms. The number of benzene rings is 1. The number of ether oxygens (including phenoxy) is 1. The predicted molar refractivity (Wildman–Crippen MR) is 83.6 cm³/mol. The molecular weight excluding hydrogens is 318 g/mol. The summed E-state index contributed by atoms with van der Waals surface area (Å²) >= 11 is 0. The zero-order valence-corrected chi connectivity index (χ0v) is 13.5. The molecule has 1 N–H and O–H groups in total. The summed E-state index contributed by atoms with van der Waals surface area (Å²) in [6.45, 7) is 4.87. The van der Waals surface area contributed by atoms with E-state index in [1.54, 1.807) is 4.90 Å². The predicted octanol–water partition coefficient (Wildman–Crippen LogP) is 0.978. The maximum Gasteiger partial charge on any atom is 0.253 e. The highest BCUT2D eigenvalue weighted by atomic mass is 19.2. The van der Waals surface area contributed by atoms with Gasteiger partial charge in [-0.1, -0.05) is 0 Å². The van der Waals surface area contributed by atoms with Gasteiger partial charge in [-0.25, -0.2) is 8.78 Å². The van der Waals surface area contributed by atoms with Crippen LogP contribution in [0.1, 0.15) is 10.4 Å². The molecule has 2 saturated heterocycles. The van der Waals surface area contributed by atoms with Crippen molar-refractivity contribution in [2.24, 2.45) is 11.8 Å². The Morgan fingerprint density at radius 1 is 1.17 bits per heavy atom. The molecule has 7 heteroatoms. The monoisotopic (exact) mass is 340 g/mol. The van der Waals surface area contributed by atoms with Gasteiger partial charge in [-0.15, -0.1) is 0 Å². The van der Waals surface area contributed by atoms with Crippen molar-refractivity contribution in [3.63, 3.8) is 0 Å². The number of carbonyl (C=O) groups is 1. The largest absolute Gasteiger partial charge is 0.396 e. The van der Waals surface area contributed by atoms with Gasteiger partial charge in [0, 0.05) is 50.8 Å². The zero-order valence-electron chi connectivity index (χ0n) is 13.5. The molecule has 3 rings (SSSR count). The maximum absolute atomic E-state index is 13.4. The molecule has 0 spiro atoms. The molecule has 5 nitrogen and oxygen atoms in total. The standard InChI is InChI=1S/C17H22F2N2O3/c18-15-2-1-12(7-16(15)19)17(23)21-9-13(14(10-21)11-22)8-20-3-5-24-6-4-20/h1-2,7,13-14,22H,3-6,8-11H2/t13-,14-/m1/s1. The van der Waals surface area contributed by atoms with E-state index in [0.717, 1.165) is 31.8 Å². The van der Waals surface area contributed by atoms with Gasteiger partial charge < -0.3 is 14.7 Å². The third-order valence-electron chi connectivity index (χ3n) is 4.86. The summed E-state index contributed by atoms with van der Waals surface area (Å²) in [7, 11) is 0. The fourth-order valence-corrected chi connectivity index (χ4v) is 3.45. The van der Waals surface area contributed by atoms with Gasteiger partial charge in [0.1, 0.15) is 0 Å². The lowest BCUT2D eigenvalue weighted by molar-refractivity contribution is 0.0264. The van der Waals surface area contributed by atoms with E-state index in [0.29, 0.717) is 26.3 Å². The lowest BCUT2D eigenvalue weighted by Gasteiger charge is -2.30. The third-order valence-corrected chi connectivity index (χ3v) is 4.86. The minimum Gasteiger partial charge on any atom is -0.396 e. The number of likely N-dealkylation sites (tertiary alicyclic amines) is 1. The molecule has 1 aromatic carbocycles. The summed E-state index contributed by atoms with van der Waals surface area (Å²) in [5.41, 5.74) is 0.137. The van der Waals surface area contributed by atoms with Crippen molar-refractivity contribution in [1.29, 1.82) is 0 Å². The number of hydrogen-bond acceptors (Lipinski definition) is 4. The van der Waals surface area contributed by atoms with Crippen LogP contribution in [0.5, 0.6) is 0 Å². The molecule has 2 aliphatic heterocycles. The molecule has 2 heterocycles. The quantitative estimate of drug-likeness (QED) is 0.888. The van der Waals surface area contributed by atoms with E-state index in [4.69, 9.17) is 4.74 Å². The molecule has 2 aliphatic rings. The molecular formula is C17H22F2N2O3. The summed E-state index contributed by atoms with van der Waals surface area (Å²) in [5, 5.41) is 9.63. The van der Waals surface area contributed by atoms with E-state index in [9.17, 15) is 18.7 Å². The Morgan fingerprint density at radius 2 is 1.88 bits per heavy atom. The van der Waals surface area contributed by atoms with E-state index in [2.05, 4.69) is 4.90 Å². The molecule has 0 bridgehead atoms. The van der Waals surface area contributed by atoms with E-state index >= 15 is 0 Å². The average molecular weight is 340 g/mol. The van der Waals surface area contributed by atoms with Crippen molar-refractivity contribution in [3.8, 4) is 0 Å². The number of aliphatic hydroxyl groups is 1. The zero-order chi connectivity index (χ0) is 17.1. The molecule has 1 aromatic rings. The molecule has 132 valence electrons. The van der Waals surface area contributed by atoms with Gasteiger partial charge >= 0.3 is 0 Å². The smallest absolute Gasteiger partial charge is 0.253 e. The highest BCUT2D eigenvalue weighted by Gasteiger charge is 2.36. The molecule has 0 radical (unpaired) electrons. The molecule has 0 saturated carbocycles. The van der Waals surface area contributed by atoms with Crippen molar-refractivity contribution in [3.05, 3.63) is 35.4 Å². The number of rotatable bonds is 4. The van der Waals surface area contributed by atoms with Gasteiger partial charge in [0.15, 0.2) is 11.6 Å². The molecule has 2 fully saturated rings. The second-order valence-electron chi connectivity index (χ2n) is 6.45. The number of halogens is 2. The van der Waals surface area contributed by atoms with Gasteiger partial charge in [0.2, 0.25) is 0 Å². The number of nitrogens with zero attached hydrogens (tertiary/aromatic N) is 2. The van der Waals surface area contributed by atoms with Crippen molar-refractivity contribution < 1.29 is 23.4 Å². The second kappa shape index (κ2) is 7.55. The minimum atomic E-state index is -1.02. The Bertz CT molecular complexity index is 593. The fourth-order valence-electron chi connectivity index (χ4n) is 3.45. The Morgan fingerprint density at radius 3 is 2.54 bits per heavy atom. The van der Waals surface area contributed by atoms with Gasteiger partial charge in [-0.2, -0.15) is 0 Å². The van der Waals surface area contributed by atoms with Crippen LogP contribution in [0.4, 0.5) is 8.78 Å². The topological polar surface area (TPSA) is 53.0 Å². The highest BCUT2D eigenvalue weighted by Crippen LogP contribution is 2.26. The van der Waals surface area contributed by atoms with E-state index in [1.807, 2.05) is 0 Å². The van der Waals surface area contributed by atoms with Crippen LogP contribution in [-0.2, 0) is 4.74 Å². The SMILES string of the molecule is O=C(c1ccc(F)c(F)c1)N1C[C@@H](CN2CCOCC2)[C@@H](CO)C1. The summed E-state index contributed by atoms with van der Waals surface area (Å²) < 4.78 is 31.7. The number of morpholine rings is 1. The minimum absolute atomic E-state index is 0.00194. The van der Waals surface area contributed by atoms with Crippen molar-refractivity contribution >= 4 is 5.91 Å². The van der Waals surface area contributed by atoms with Crippen molar-refractivity contribution in [2.45, 2.75) is 0 Å². The van der Waals surface area contributed by atoms with Crippen LogP contribution < -0.4 is 0 Å².